The lowest BCUT2D eigenvalue weighted by molar-refractivity contribution is -0.140. The van der Waals surface area contributed by atoms with Crippen molar-refractivity contribution < 1.29 is 36.6 Å². The second-order valence-electron chi connectivity index (χ2n) is 4.48. The van der Waals surface area contributed by atoms with E-state index in [0.717, 1.165) is 0 Å². The molecule has 1 aromatic carbocycles. The van der Waals surface area contributed by atoms with Crippen molar-refractivity contribution >= 4 is 11.9 Å². The van der Waals surface area contributed by atoms with E-state index in [4.69, 9.17) is 5.11 Å². The maximum absolute atomic E-state index is 13.4. The Morgan fingerprint density at radius 1 is 0.905 bits per heavy atom. The second-order valence-corrected chi connectivity index (χ2v) is 4.48. The number of carbonyl (C=O) groups excluding carboxylic acids is 1. The molecule has 0 bridgehead atoms. The van der Waals surface area contributed by atoms with E-state index >= 15 is 0 Å². The van der Waals surface area contributed by atoms with Crippen molar-refractivity contribution in [1.29, 1.82) is 0 Å². The van der Waals surface area contributed by atoms with Gasteiger partial charge in [0, 0.05) is 0 Å². The third kappa shape index (κ3) is 3.11. The van der Waals surface area contributed by atoms with Gasteiger partial charge in [-0.15, -0.1) is 0 Å². The van der Waals surface area contributed by atoms with Gasteiger partial charge in [0.05, 0.1) is 0 Å². The minimum Gasteiger partial charge on any atom is -0.480 e. The number of carboxylic acid groups (broad SMARTS) is 1. The lowest BCUT2D eigenvalue weighted by Gasteiger charge is -2.18. The molecule has 1 atom stereocenters. The van der Waals surface area contributed by atoms with Gasteiger partial charge < -0.3 is 10.4 Å². The van der Waals surface area contributed by atoms with Crippen LogP contribution in [-0.2, 0) is 4.79 Å². The summed E-state index contributed by atoms with van der Waals surface area (Å²) in [5.41, 5.74) is -1.72. The normalized spacial score (nSPS) is 12.4. The van der Waals surface area contributed by atoms with Gasteiger partial charge >= 0.3 is 5.97 Å². The Labute approximate surface area is 115 Å². The zero-order chi connectivity index (χ0) is 16.5. The quantitative estimate of drug-likeness (QED) is 0.509. The molecule has 1 aromatic rings. The molecule has 0 saturated heterocycles. The monoisotopic (exact) mass is 311 g/mol. The summed E-state index contributed by atoms with van der Waals surface area (Å²) < 4.78 is 65.5. The van der Waals surface area contributed by atoms with E-state index in [1.807, 2.05) is 0 Å². The maximum Gasteiger partial charge on any atom is 0.326 e. The van der Waals surface area contributed by atoms with Crippen LogP contribution in [0.3, 0.4) is 0 Å². The maximum atomic E-state index is 13.4. The highest BCUT2D eigenvalue weighted by molar-refractivity contribution is 5.97. The predicted molar refractivity (Wildman–Crippen MR) is 60.0 cm³/mol. The Morgan fingerprint density at radius 2 is 1.29 bits per heavy atom. The molecule has 0 fully saturated rings. The van der Waals surface area contributed by atoms with Crippen molar-refractivity contribution in [2.24, 2.45) is 5.92 Å². The Balaban J connectivity index is 3.29. The van der Waals surface area contributed by atoms with Crippen LogP contribution in [0.5, 0.6) is 0 Å². The molecule has 0 aliphatic carbocycles. The highest BCUT2D eigenvalue weighted by Crippen LogP contribution is 2.23. The Hall–Kier alpha value is -2.19. The number of halogens is 5. The number of carbonyl (C=O) groups is 2. The van der Waals surface area contributed by atoms with Gasteiger partial charge in [-0.3, -0.25) is 4.79 Å². The largest absolute Gasteiger partial charge is 0.480 e. The van der Waals surface area contributed by atoms with Gasteiger partial charge in [-0.05, 0) is 5.92 Å². The molecule has 0 aliphatic rings. The van der Waals surface area contributed by atoms with Crippen LogP contribution in [0, 0.1) is 35.0 Å². The molecule has 2 N–H and O–H groups in total. The zero-order valence-electron chi connectivity index (χ0n) is 10.8. The van der Waals surface area contributed by atoms with E-state index < -0.39 is 58.5 Å². The SMILES string of the molecule is CC(C)[C@H](NC(=O)c1c(F)c(F)c(F)c(F)c1F)C(=O)O. The second kappa shape index (κ2) is 6.06. The molecule has 1 rings (SSSR count). The lowest BCUT2D eigenvalue weighted by Crippen LogP contribution is -2.45. The number of carboxylic acids is 1. The van der Waals surface area contributed by atoms with Crippen LogP contribution < -0.4 is 5.32 Å². The minimum atomic E-state index is -2.40. The topological polar surface area (TPSA) is 66.4 Å². The fourth-order valence-electron chi connectivity index (χ4n) is 1.53. The van der Waals surface area contributed by atoms with Crippen LogP contribution in [-0.4, -0.2) is 23.0 Å². The van der Waals surface area contributed by atoms with Crippen LogP contribution in [0.4, 0.5) is 22.0 Å². The van der Waals surface area contributed by atoms with Gasteiger partial charge in [0.2, 0.25) is 5.82 Å². The lowest BCUT2D eigenvalue weighted by atomic mass is 10.0. The van der Waals surface area contributed by atoms with E-state index in [2.05, 4.69) is 0 Å². The van der Waals surface area contributed by atoms with Crippen molar-refractivity contribution in [3.63, 3.8) is 0 Å². The molecule has 116 valence electrons. The summed E-state index contributed by atoms with van der Waals surface area (Å²) in [6.07, 6.45) is 0. The van der Waals surface area contributed by atoms with E-state index in [9.17, 15) is 31.5 Å². The molecule has 4 nitrogen and oxygen atoms in total. The first-order valence-electron chi connectivity index (χ1n) is 5.64. The van der Waals surface area contributed by atoms with E-state index in [-0.39, 0.29) is 0 Å². The number of rotatable bonds is 4. The number of nitrogens with one attached hydrogen (secondary N) is 1. The molecular formula is C12H10F5NO3. The molecule has 21 heavy (non-hydrogen) atoms. The van der Waals surface area contributed by atoms with Crippen LogP contribution in [0.15, 0.2) is 0 Å². The summed E-state index contributed by atoms with van der Waals surface area (Å²) in [5, 5.41) is 10.5. The van der Waals surface area contributed by atoms with E-state index in [1.54, 1.807) is 5.32 Å². The third-order valence-corrected chi connectivity index (χ3v) is 2.66. The first-order valence-corrected chi connectivity index (χ1v) is 5.64. The van der Waals surface area contributed by atoms with Gasteiger partial charge in [-0.2, -0.15) is 0 Å². The Morgan fingerprint density at radius 3 is 1.62 bits per heavy atom. The fourth-order valence-corrected chi connectivity index (χ4v) is 1.53. The standard InChI is InChI=1S/C12H10F5NO3/c1-3(2)10(12(20)21)18-11(19)4-5(13)7(15)9(17)8(16)6(4)14/h3,10H,1-2H3,(H,18,19)(H,20,21)/t10-/m0/s1. The molecule has 0 unspecified atom stereocenters. The van der Waals surface area contributed by atoms with Gasteiger partial charge in [-0.1, -0.05) is 13.8 Å². The first kappa shape index (κ1) is 16.9. The fraction of sp³-hybridized carbons (Fsp3) is 0.333. The van der Waals surface area contributed by atoms with Crippen LogP contribution >= 0.6 is 0 Å². The average molecular weight is 311 g/mol. The molecule has 0 saturated carbocycles. The van der Waals surface area contributed by atoms with Crippen molar-refractivity contribution in [2.75, 3.05) is 0 Å². The first-order chi connectivity index (χ1) is 9.59. The molecule has 9 heteroatoms. The average Bonchev–Trinajstić information content (AvgIpc) is 2.39. The zero-order valence-corrected chi connectivity index (χ0v) is 10.8. The van der Waals surface area contributed by atoms with Crippen molar-refractivity contribution in [3.8, 4) is 0 Å². The molecule has 1 amide bonds. The van der Waals surface area contributed by atoms with Crippen molar-refractivity contribution in [1.82, 2.24) is 5.32 Å². The van der Waals surface area contributed by atoms with Crippen molar-refractivity contribution in [2.45, 2.75) is 19.9 Å². The van der Waals surface area contributed by atoms with Crippen molar-refractivity contribution in [3.05, 3.63) is 34.6 Å². The number of hydrogen-bond acceptors (Lipinski definition) is 2. The summed E-state index contributed by atoms with van der Waals surface area (Å²) >= 11 is 0. The Bertz CT molecular complexity index is 574. The molecule has 0 spiro atoms. The van der Waals surface area contributed by atoms with Crippen LogP contribution in [0.1, 0.15) is 24.2 Å². The van der Waals surface area contributed by atoms with Gasteiger partial charge in [0.1, 0.15) is 11.6 Å². The summed E-state index contributed by atoms with van der Waals surface area (Å²) in [5.74, 6) is -15.5. The molecule has 0 aromatic heterocycles. The highest BCUT2D eigenvalue weighted by Gasteiger charge is 2.32. The molecular weight excluding hydrogens is 301 g/mol. The number of hydrogen-bond donors (Lipinski definition) is 2. The van der Waals surface area contributed by atoms with E-state index in [0.29, 0.717) is 0 Å². The Kier molecular flexibility index (Phi) is 4.87. The number of amides is 1. The molecule has 0 heterocycles. The minimum absolute atomic E-state index is 0.673. The summed E-state index contributed by atoms with van der Waals surface area (Å²) in [4.78, 5) is 22.5. The van der Waals surface area contributed by atoms with Gasteiger partial charge in [0.25, 0.3) is 5.91 Å². The predicted octanol–water partition coefficient (Wildman–Crippen LogP) is 2.22. The van der Waals surface area contributed by atoms with Gasteiger partial charge in [-0.25, -0.2) is 26.7 Å². The smallest absolute Gasteiger partial charge is 0.326 e. The molecule has 0 radical (unpaired) electrons. The molecule has 0 aliphatic heterocycles. The third-order valence-electron chi connectivity index (χ3n) is 2.66. The van der Waals surface area contributed by atoms with Gasteiger partial charge in [0.15, 0.2) is 23.3 Å². The summed E-state index contributed by atoms with van der Waals surface area (Å²) in [7, 11) is 0. The van der Waals surface area contributed by atoms with E-state index in [1.165, 1.54) is 13.8 Å². The number of benzene rings is 1. The van der Waals surface area contributed by atoms with Crippen LogP contribution in [0.25, 0.3) is 0 Å². The summed E-state index contributed by atoms with van der Waals surface area (Å²) in [6.45, 7) is 2.77. The summed E-state index contributed by atoms with van der Waals surface area (Å²) in [6, 6.07) is -1.55. The number of aliphatic carboxylic acids is 1. The highest BCUT2D eigenvalue weighted by atomic mass is 19.2. The van der Waals surface area contributed by atoms with Crippen LogP contribution in [0.2, 0.25) is 0 Å².